The van der Waals surface area contributed by atoms with Crippen LogP contribution < -0.4 is 10.6 Å². The number of benzene rings is 1. The Balaban J connectivity index is 2.66. The quantitative estimate of drug-likeness (QED) is 0.818. The van der Waals surface area contributed by atoms with Gasteiger partial charge in [0.25, 0.3) is 5.91 Å². The molecule has 0 heterocycles. The highest BCUT2D eigenvalue weighted by molar-refractivity contribution is 5.94. The first-order valence-electron chi connectivity index (χ1n) is 5.63. The maximum atomic E-state index is 11.8. The van der Waals surface area contributed by atoms with Crippen molar-refractivity contribution in [3.05, 3.63) is 29.8 Å². The van der Waals surface area contributed by atoms with Gasteiger partial charge in [0.15, 0.2) is 0 Å². The van der Waals surface area contributed by atoms with Crippen LogP contribution in [-0.4, -0.2) is 19.0 Å². The Morgan fingerprint density at radius 2 is 1.69 bits per heavy atom. The number of amides is 1. The van der Waals surface area contributed by atoms with Gasteiger partial charge < -0.3 is 10.6 Å². The molecule has 0 radical (unpaired) electrons. The van der Waals surface area contributed by atoms with Crippen LogP contribution in [0.3, 0.4) is 0 Å². The number of carbonyl (C=O) groups is 1. The van der Waals surface area contributed by atoms with Crippen LogP contribution in [0.2, 0.25) is 0 Å². The summed E-state index contributed by atoms with van der Waals surface area (Å²) in [5.74, 6) is 0.435. The van der Waals surface area contributed by atoms with Gasteiger partial charge >= 0.3 is 0 Å². The van der Waals surface area contributed by atoms with Gasteiger partial charge in [0.1, 0.15) is 0 Å². The Bertz CT molecular complexity index is 343. The molecule has 3 heteroatoms. The molecule has 0 spiro atoms. The average molecular weight is 220 g/mol. The van der Waals surface area contributed by atoms with E-state index in [2.05, 4.69) is 24.5 Å². The summed E-state index contributed by atoms with van der Waals surface area (Å²) in [6, 6.07) is 7.64. The molecule has 0 bridgehead atoms. The van der Waals surface area contributed by atoms with E-state index in [1.807, 2.05) is 38.2 Å². The third kappa shape index (κ3) is 3.26. The van der Waals surface area contributed by atoms with Crippen molar-refractivity contribution in [2.75, 3.05) is 12.4 Å². The molecule has 0 aliphatic heterocycles. The van der Waals surface area contributed by atoms with Crippen LogP contribution in [0.1, 0.15) is 31.1 Å². The molecular weight excluding hydrogens is 200 g/mol. The number of hydrogen-bond donors (Lipinski definition) is 2. The van der Waals surface area contributed by atoms with E-state index in [9.17, 15) is 4.79 Å². The molecule has 0 aromatic heterocycles. The van der Waals surface area contributed by atoms with E-state index in [0.717, 1.165) is 5.69 Å². The van der Waals surface area contributed by atoms with Crippen molar-refractivity contribution in [1.82, 2.24) is 5.32 Å². The van der Waals surface area contributed by atoms with E-state index < -0.39 is 0 Å². The Kier molecular flexibility index (Phi) is 4.35. The first-order chi connectivity index (χ1) is 7.54. The summed E-state index contributed by atoms with van der Waals surface area (Å²) in [7, 11) is 1.86. The smallest absolute Gasteiger partial charge is 0.251 e. The predicted octanol–water partition coefficient (Wildman–Crippen LogP) is 2.50. The van der Waals surface area contributed by atoms with E-state index in [0.29, 0.717) is 11.5 Å². The molecule has 1 amide bonds. The fraction of sp³-hybridized carbons (Fsp3) is 0.462. The second-order valence-corrected chi connectivity index (χ2v) is 4.33. The number of nitrogens with one attached hydrogen (secondary N) is 2. The lowest BCUT2D eigenvalue weighted by Gasteiger charge is -2.17. The summed E-state index contributed by atoms with van der Waals surface area (Å²) in [4.78, 5) is 11.8. The van der Waals surface area contributed by atoms with Crippen molar-refractivity contribution < 1.29 is 4.79 Å². The zero-order valence-electron chi connectivity index (χ0n) is 10.4. The highest BCUT2D eigenvalue weighted by Gasteiger charge is 2.11. The first-order valence-corrected chi connectivity index (χ1v) is 5.63. The molecule has 1 atom stereocenters. The van der Waals surface area contributed by atoms with Crippen LogP contribution in [0.25, 0.3) is 0 Å². The largest absolute Gasteiger partial charge is 0.388 e. The van der Waals surface area contributed by atoms with Crippen LogP contribution in [0.15, 0.2) is 24.3 Å². The maximum Gasteiger partial charge on any atom is 0.251 e. The number of anilines is 1. The summed E-state index contributed by atoms with van der Waals surface area (Å²) in [5, 5.41) is 5.99. The van der Waals surface area contributed by atoms with E-state index in [-0.39, 0.29) is 11.9 Å². The molecular formula is C13H20N2O. The second kappa shape index (κ2) is 5.54. The van der Waals surface area contributed by atoms with Gasteiger partial charge in [-0.05, 0) is 37.1 Å². The zero-order chi connectivity index (χ0) is 12.1. The maximum absolute atomic E-state index is 11.8. The molecule has 3 nitrogen and oxygen atoms in total. The Labute approximate surface area is 97.2 Å². The Morgan fingerprint density at radius 3 is 2.12 bits per heavy atom. The number of carbonyl (C=O) groups excluding carboxylic acids is 1. The minimum atomic E-state index is -0.0103. The summed E-state index contributed by atoms with van der Waals surface area (Å²) >= 11 is 0. The van der Waals surface area contributed by atoms with E-state index in [1.54, 1.807) is 0 Å². The van der Waals surface area contributed by atoms with Gasteiger partial charge in [-0.2, -0.15) is 0 Å². The van der Waals surface area contributed by atoms with Gasteiger partial charge in [-0.3, -0.25) is 4.79 Å². The lowest BCUT2D eigenvalue weighted by Crippen LogP contribution is -2.36. The summed E-state index contributed by atoms with van der Waals surface area (Å²) < 4.78 is 0. The second-order valence-electron chi connectivity index (χ2n) is 4.33. The summed E-state index contributed by atoms with van der Waals surface area (Å²) in [6.07, 6.45) is 0. The fourth-order valence-electron chi connectivity index (χ4n) is 1.25. The zero-order valence-corrected chi connectivity index (χ0v) is 10.4. The van der Waals surface area contributed by atoms with Crippen molar-refractivity contribution in [3.63, 3.8) is 0 Å². The number of hydrogen-bond acceptors (Lipinski definition) is 2. The minimum Gasteiger partial charge on any atom is -0.388 e. The molecule has 0 fully saturated rings. The van der Waals surface area contributed by atoms with Gasteiger partial charge in [0, 0.05) is 24.3 Å². The Hall–Kier alpha value is -1.51. The molecule has 0 aliphatic carbocycles. The molecule has 1 aromatic rings. The van der Waals surface area contributed by atoms with E-state index in [1.165, 1.54) is 0 Å². The van der Waals surface area contributed by atoms with Crippen LogP contribution in [0.4, 0.5) is 5.69 Å². The third-order valence-corrected chi connectivity index (χ3v) is 2.79. The highest BCUT2D eigenvalue weighted by atomic mass is 16.1. The molecule has 0 saturated carbocycles. The van der Waals surface area contributed by atoms with E-state index in [4.69, 9.17) is 0 Å². The molecule has 1 rings (SSSR count). The van der Waals surface area contributed by atoms with Gasteiger partial charge in [-0.25, -0.2) is 0 Å². The van der Waals surface area contributed by atoms with Crippen molar-refractivity contribution in [2.45, 2.75) is 26.8 Å². The summed E-state index contributed by atoms with van der Waals surface area (Å²) in [5.41, 5.74) is 1.71. The number of rotatable bonds is 4. The molecule has 0 aliphatic rings. The van der Waals surface area contributed by atoms with Crippen LogP contribution >= 0.6 is 0 Å². The first kappa shape index (κ1) is 12.6. The minimum absolute atomic E-state index is 0.0103. The van der Waals surface area contributed by atoms with Crippen LogP contribution in [-0.2, 0) is 0 Å². The SMILES string of the molecule is CNc1ccc(C(=O)NC(C)C(C)C)cc1. The fourth-order valence-corrected chi connectivity index (χ4v) is 1.25. The lowest BCUT2D eigenvalue weighted by molar-refractivity contribution is 0.0930. The van der Waals surface area contributed by atoms with Crippen LogP contribution in [0, 0.1) is 5.92 Å². The molecule has 1 unspecified atom stereocenters. The van der Waals surface area contributed by atoms with Crippen molar-refractivity contribution in [1.29, 1.82) is 0 Å². The van der Waals surface area contributed by atoms with Gasteiger partial charge in [-0.1, -0.05) is 13.8 Å². The summed E-state index contributed by atoms with van der Waals surface area (Å²) in [6.45, 7) is 6.20. The third-order valence-electron chi connectivity index (χ3n) is 2.79. The van der Waals surface area contributed by atoms with Crippen molar-refractivity contribution in [3.8, 4) is 0 Å². The molecule has 0 saturated heterocycles. The molecule has 2 N–H and O–H groups in total. The van der Waals surface area contributed by atoms with Gasteiger partial charge in [-0.15, -0.1) is 0 Å². The monoisotopic (exact) mass is 220 g/mol. The molecule has 16 heavy (non-hydrogen) atoms. The van der Waals surface area contributed by atoms with Crippen molar-refractivity contribution in [2.24, 2.45) is 5.92 Å². The Morgan fingerprint density at radius 1 is 1.12 bits per heavy atom. The lowest BCUT2D eigenvalue weighted by atomic mass is 10.1. The highest BCUT2D eigenvalue weighted by Crippen LogP contribution is 2.09. The molecule has 88 valence electrons. The van der Waals surface area contributed by atoms with Crippen molar-refractivity contribution >= 4 is 11.6 Å². The average Bonchev–Trinajstić information content (AvgIpc) is 2.28. The topological polar surface area (TPSA) is 41.1 Å². The standard InChI is InChI=1S/C13H20N2O/c1-9(2)10(3)15-13(16)11-5-7-12(14-4)8-6-11/h5-10,14H,1-4H3,(H,15,16). The van der Waals surface area contributed by atoms with Gasteiger partial charge in [0.05, 0.1) is 0 Å². The van der Waals surface area contributed by atoms with Gasteiger partial charge in [0.2, 0.25) is 0 Å². The van der Waals surface area contributed by atoms with E-state index >= 15 is 0 Å². The van der Waals surface area contributed by atoms with Crippen LogP contribution in [0.5, 0.6) is 0 Å². The normalized spacial score (nSPS) is 12.3. The molecule has 1 aromatic carbocycles. The predicted molar refractivity (Wildman–Crippen MR) is 67.8 cm³/mol.